The summed E-state index contributed by atoms with van der Waals surface area (Å²) in [5, 5.41) is 5.11. The first kappa shape index (κ1) is 13.3. The van der Waals surface area contributed by atoms with E-state index in [1.165, 1.54) is 19.3 Å². The first-order chi connectivity index (χ1) is 10.2. The third-order valence-electron chi connectivity index (χ3n) is 4.90. The minimum absolute atomic E-state index is 0.00699. The maximum Gasteiger partial charge on any atom is 0.267 e. The summed E-state index contributed by atoms with van der Waals surface area (Å²) in [7, 11) is 0. The monoisotopic (exact) mass is 304 g/mol. The third-order valence-corrected chi connectivity index (χ3v) is 5.76. The number of nitrogens with one attached hydrogen (secondary N) is 2. The zero-order valence-corrected chi connectivity index (χ0v) is 12.8. The second-order valence-corrected chi connectivity index (χ2v) is 7.28. The van der Waals surface area contributed by atoms with Gasteiger partial charge in [0.2, 0.25) is 0 Å². The van der Waals surface area contributed by atoms with Crippen LogP contribution in [0.15, 0.2) is 17.5 Å². The zero-order chi connectivity index (χ0) is 14.3. The Hall–Kier alpha value is -1.33. The number of hydrogen-bond acceptors (Lipinski definition) is 3. The van der Waals surface area contributed by atoms with Crippen molar-refractivity contribution in [1.82, 2.24) is 10.3 Å². The number of ether oxygens (including phenoxy) is 1. The predicted molar refractivity (Wildman–Crippen MR) is 83.8 cm³/mol. The van der Waals surface area contributed by atoms with Gasteiger partial charge in [0.15, 0.2) is 0 Å². The molecule has 1 aliphatic carbocycles. The van der Waals surface area contributed by atoms with E-state index < -0.39 is 0 Å². The fraction of sp³-hybridized carbons (Fsp3) is 0.562. The molecule has 1 saturated carbocycles. The van der Waals surface area contributed by atoms with Crippen molar-refractivity contribution in [3.63, 3.8) is 0 Å². The molecule has 2 aromatic rings. The van der Waals surface area contributed by atoms with Crippen molar-refractivity contribution in [2.45, 2.75) is 37.7 Å². The van der Waals surface area contributed by atoms with Gasteiger partial charge >= 0.3 is 0 Å². The molecule has 2 N–H and O–H groups in total. The van der Waals surface area contributed by atoms with Crippen LogP contribution in [0, 0.1) is 5.92 Å². The summed E-state index contributed by atoms with van der Waals surface area (Å²) in [6, 6.07) is 3.95. The number of fused-ring (bicyclic) bond motifs is 1. The Labute approximate surface area is 127 Å². The lowest BCUT2D eigenvalue weighted by molar-refractivity contribution is -0.142. The maximum absolute atomic E-state index is 12.2. The van der Waals surface area contributed by atoms with Crippen LogP contribution >= 0.6 is 11.3 Å². The smallest absolute Gasteiger partial charge is 0.267 e. The fourth-order valence-corrected chi connectivity index (χ4v) is 4.31. The maximum atomic E-state index is 12.2. The molecule has 2 fully saturated rings. The van der Waals surface area contributed by atoms with Crippen LogP contribution in [-0.4, -0.2) is 29.6 Å². The highest BCUT2D eigenvalue weighted by molar-refractivity contribution is 7.17. The van der Waals surface area contributed by atoms with E-state index in [0.717, 1.165) is 36.2 Å². The Bertz CT molecular complexity index is 628. The lowest BCUT2D eigenvalue weighted by Gasteiger charge is -2.47. The molecule has 1 unspecified atom stereocenters. The van der Waals surface area contributed by atoms with Crippen LogP contribution in [0.3, 0.4) is 0 Å². The Morgan fingerprint density at radius 1 is 1.52 bits per heavy atom. The molecule has 1 saturated heterocycles. The summed E-state index contributed by atoms with van der Waals surface area (Å²) in [4.78, 5) is 15.4. The van der Waals surface area contributed by atoms with Crippen molar-refractivity contribution in [2.24, 2.45) is 5.92 Å². The summed E-state index contributed by atoms with van der Waals surface area (Å²) >= 11 is 1.65. The Balaban J connectivity index is 1.35. The molecule has 2 aliphatic rings. The topological polar surface area (TPSA) is 54.1 Å². The van der Waals surface area contributed by atoms with Gasteiger partial charge in [-0.3, -0.25) is 4.79 Å². The van der Waals surface area contributed by atoms with Gasteiger partial charge in [-0.15, -0.1) is 11.3 Å². The van der Waals surface area contributed by atoms with Crippen molar-refractivity contribution in [1.29, 1.82) is 0 Å². The van der Waals surface area contributed by atoms with Crippen LogP contribution < -0.4 is 5.32 Å². The average Bonchev–Trinajstić information content (AvgIpc) is 3.04. The molecule has 4 nitrogen and oxygen atoms in total. The van der Waals surface area contributed by atoms with Gasteiger partial charge in [0.05, 0.1) is 15.8 Å². The van der Waals surface area contributed by atoms with E-state index in [2.05, 4.69) is 10.3 Å². The van der Waals surface area contributed by atoms with E-state index in [4.69, 9.17) is 4.74 Å². The summed E-state index contributed by atoms with van der Waals surface area (Å²) in [6.07, 6.45) is 5.85. The third kappa shape index (κ3) is 2.49. The van der Waals surface area contributed by atoms with Crippen molar-refractivity contribution >= 4 is 27.5 Å². The number of carbonyl (C=O) groups is 1. The van der Waals surface area contributed by atoms with E-state index in [0.29, 0.717) is 11.6 Å². The second kappa shape index (κ2) is 5.14. The quantitative estimate of drug-likeness (QED) is 0.914. The lowest BCUT2D eigenvalue weighted by atomic mass is 9.72. The van der Waals surface area contributed by atoms with E-state index in [1.807, 2.05) is 17.5 Å². The minimum Gasteiger partial charge on any atom is -0.375 e. The number of amides is 1. The first-order valence-corrected chi connectivity index (χ1v) is 8.60. The highest BCUT2D eigenvalue weighted by Gasteiger charge is 2.42. The molecule has 1 spiro atoms. The largest absolute Gasteiger partial charge is 0.375 e. The Morgan fingerprint density at radius 2 is 2.43 bits per heavy atom. The highest BCUT2D eigenvalue weighted by Crippen LogP contribution is 2.44. The fourth-order valence-electron chi connectivity index (χ4n) is 3.53. The van der Waals surface area contributed by atoms with Crippen LogP contribution in [0.2, 0.25) is 0 Å². The lowest BCUT2D eigenvalue weighted by Crippen LogP contribution is -2.47. The normalized spacial score (nSPS) is 24.1. The molecular weight excluding hydrogens is 284 g/mol. The molecule has 4 rings (SSSR count). The van der Waals surface area contributed by atoms with Gasteiger partial charge in [-0.05, 0) is 55.5 Å². The molecule has 0 bridgehead atoms. The van der Waals surface area contributed by atoms with Gasteiger partial charge in [0, 0.05) is 13.2 Å². The number of H-pyrrole nitrogens is 1. The number of thiophene rings is 1. The molecule has 0 radical (unpaired) electrons. The van der Waals surface area contributed by atoms with Crippen LogP contribution in [0.25, 0.3) is 10.2 Å². The zero-order valence-electron chi connectivity index (χ0n) is 12.0. The number of rotatable bonds is 3. The molecule has 21 heavy (non-hydrogen) atoms. The average molecular weight is 304 g/mol. The molecule has 112 valence electrons. The van der Waals surface area contributed by atoms with Crippen molar-refractivity contribution in [3.8, 4) is 0 Å². The van der Waals surface area contributed by atoms with E-state index in [-0.39, 0.29) is 11.5 Å². The van der Waals surface area contributed by atoms with Crippen LogP contribution in [0.4, 0.5) is 0 Å². The van der Waals surface area contributed by atoms with Crippen molar-refractivity contribution < 1.29 is 9.53 Å². The van der Waals surface area contributed by atoms with Crippen molar-refractivity contribution in [3.05, 3.63) is 23.2 Å². The molecule has 1 aliphatic heterocycles. The number of aromatic amines is 1. The minimum atomic E-state index is 0.00699. The molecule has 1 amide bonds. The van der Waals surface area contributed by atoms with Crippen LogP contribution in [-0.2, 0) is 4.74 Å². The highest BCUT2D eigenvalue weighted by atomic mass is 32.1. The second-order valence-electron chi connectivity index (χ2n) is 6.34. The predicted octanol–water partition coefficient (Wildman–Crippen LogP) is 3.31. The van der Waals surface area contributed by atoms with Gasteiger partial charge in [0.1, 0.15) is 5.69 Å². The molecule has 3 heterocycles. The van der Waals surface area contributed by atoms with E-state index in [9.17, 15) is 4.79 Å². The Morgan fingerprint density at radius 3 is 3.19 bits per heavy atom. The summed E-state index contributed by atoms with van der Waals surface area (Å²) < 4.78 is 7.07. The van der Waals surface area contributed by atoms with Gasteiger partial charge in [-0.2, -0.15) is 0 Å². The standard InChI is InChI=1S/C16H20N2O2S/c19-15(13-8-14-12(18-13)3-7-21-14)17-10-11-2-6-20-16(9-11)4-1-5-16/h3,7-8,11,18H,1-2,4-6,9-10H2,(H,17,19). The molecular formula is C16H20N2O2S. The summed E-state index contributed by atoms with van der Waals surface area (Å²) in [6.45, 7) is 1.61. The molecule has 2 aromatic heterocycles. The van der Waals surface area contributed by atoms with Gasteiger partial charge < -0.3 is 15.0 Å². The number of carbonyl (C=O) groups excluding carboxylic acids is 1. The van der Waals surface area contributed by atoms with Crippen LogP contribution in [0.5, 0.6) is 0 Å². The van der Waals surface area contributed by atoms with Gasteiger partial charge in [-0.1, -0.05) is 0 Å². The van der Waals surface area contributed by atoms with Gasteiger partial charge in [0.25, 0.3) is 5.91 Å². The molecule has 0 aromatic carbocycles. The van der Waals surface area contributed by atoms with Gasteiger partial charge in [-0.25, -0.2) is 0 Å². The first-order valence-electron chi connectivity index (χ1n) is 7.73. The molecule has 5 heteroatoms. The van der Waals surface area contributed by atoms with E-state index in [1.54, 1.807) is 11.3 Å². The summed E-state index contributed by atoms with van der Waals surface area (Å²) in [5.74, 6) is 0.562. The van der Waals surface area contributed by atoms with Crippen molar-refractivity contribution in [2.75, 3.05) is 13.2 Å². The molecule has 1 atom stereocenters. The number of aromatic nitrogens is 1. The Kier molecular flexibility index (Phi) is 3.27. The van der Waals surface area contributed by atoms with Crippen LogP contribution in [0.1, 0.15) is 42.6 Å². The summed E-state index contributed by atoms with van der Waals surface area (Å²) in [5.41, 5.74) is 1.87. The number of hydrogen-bond donors (Lipinski definition) is 2. The SMILES string of the molecule is O=C(NCC1CCOC2(CCC2)C1)c1cc2sccc2[nH]1. The van der Waals surface area contributed by atoms with E-state index >= 15 is 0 Å².